The van der Waals surface area contributed by atoms with Crippen LogP contribution in [0, 0.1) is 0 Å². The molecule has 2 aromatic rings. The molecule has 0 aliphatic heterocycles. The lowest BCUT2D eigenvalue weighted by Crippen LogP contribution is -2.29. The number of alkyl carbamates (subject to hydrolysis) is 1. The Morgan fingerprint density at radius 3 is 2.54 bits per heavy atom. The van der Waals surface area contributed by atoms with Crippen LogP contribution in [0.3, 0.4) is 0 Å². The standard InChI is InChI=1S/C18H23N3O5/c1-2-25-17-20-10-14(11-21-17)16(23)15(22)8-9-19-18(24)26-12-13-6-4-3-5-7-13/h3-7,10-11,15-16,22-23H,2,8-9,12H2,1H3,(H,19,24). The van der Waals surface area contributed by atoms with Gasteiger partial charge in [-0.2, -0.15) is 0 Å². The largest absolute Gasteiger partial charge is 0.464 e. The van der Waals surface area contributed by atoms with E-state index in [4.69, 9.17) is 9.47 Å². The molecule has 8 heteroatoms. The molecule has 26 heavy (non-hydrogen) atoms. The molecule has 1 amide bonds. The van der Waals surface area contributed by atoms with Crippen LogP contribution in [0.5, 0.6) is 6.01 Å². The Morgan fingerprint density at radius 2 is 1.88 bits per heavy atom. The highest BCUT2D eigenvalue weighted by Crippen LogP contribution is 2.18. The van der Waals surface area contributed by atoms with Crippen LogP contribution in [0.25, 0.3) is 0 Å². The molecule has 0 fully saturated rings. The van der Waals surface area contributed by atoms with Crippen molar-refractivity contribution in [2.75, 3.05) is 13.2 Å². The summed E-state index contributed by atoms with van der Waals surface area (Å²) in [6.07, 6.45) is 0.120. The van der Waals surface area contributed by atoms with E-state index in [1.54, 1.807) is 0 Å². The number of hydrogen-bond donors (Lipinski definition) is 3. The van der Waals surface area contributed by atoms with Gasteiger partial charge >= 0.3 is 12.1 Å². The summed E-state index contributed by atoms with van der Waals surface area (Å²) < 4.78 is 10.2. The first-order valence-corrected chi connectivity index (χ1v) is 8.35. The number of amides is 1. The van der Waals surface area contributed by atoms with Gasteiger partial charge in [-0.3, -0.25) is 0 Å². The number of hydrogen-bond acceptors (Lipinski definition) is 7. The molecule has 2 atom stereocenters. The van der Waals surface area contributed by atoms with Crippen LogP contribution in [0.15, 0.2) is 42.7 Å². The van der Waals surface area contributed by atoms with Gasteiger partial charge in [-0.15, -0.1) is 0 Å². The molecule has 0 bridgehead atoms. The SMILES string of the molecule is CCOc1ncc(C(O)C(O)CCNC(=O)OCc2ccccc2)cn1. The molecule has 1 aromatic carbocycles. The minimum atomic E-state index is -1.16. The van der Waals surface area contributed by atoms with Crippen molar-refractivity contribution in [3.05, 3.63) is 53.9 Å². The lowest BCUT2D eigenvalue weighted by Gasteiger charge is -2.18. The first-order chi connectivity index (χ1) is 12.6. The highest BCUT2D eigenvalue weighted by Gasteiger charge is 2.19. The molecule has 2 rings (SSSR count). The average molecular weight is 361 g/mol. The number of nitrogens with zero attached hydrogens (tertiary/aromatic N) is 2. The van der Waals surface area contributed by atoms with Gasteiger partial charge in [0.1, 0.15) is 12.7 Å². The molecule has 0 saturated carbocycles. The van der Waals surface area contributed by atoms with Crippen LogP contribution in [0.1, 0.15) is 30.6 Å². The Labute approximate surface area is 151 Å². The molecular formula is C18H23N3O5. The summed E-state index contributed by atoms with van der Waals surface area (Å²) >= 11 is 0. The molecule has 3 N–H and O–H groups in total. The summed E-state index contributed by atoms with van der Waals surface area (Å²) in [4.78, 5) is 19.5. The molecule has 0 saturated heterocycles. The topological polar surface area (TPSA) is 114 Å². The van der Waals surface area contributed by atoms with Gasteiger partial charge in [-0.1, -0.05) is 30.3 Å². The van der Waals surface area contributed by atoms with E-state index in [9.17, 15) is 15.0 Å². The molecule has 0 spiro atoms. The minimum absolute atomic E-state index is 0.148. The van der Waals surface area contributed by atoms with E-state index < -0.39 is 18.3 Å². The van der Waals surface area contributed by atoms with Crippen LogP contribution in [-0.2, 0) is 11.3 Å². The quantitative estimate of drug-likeness (QED) is 0.621. The monoisotopic (exact) mass is 361 g/mol. The highest BCUT2D eigenvalue weighted by atomic mass is 16.5. The zero-order valence-corrected chi connectivity index (χ0v) is 14.5. The second-order valence-corrected chi connectivity index (χ2v) is 5.52. The van der Waals surface area contributed by atoms with E-state index in [1.165, 1.54) is 12.4 Å². The number of ether oxygens (including phenoxy) is 2. The number of aliphatic hydroxyl groups is 2. The number of carbonyl (C=O) groups excluding carboxylic acids is 1. The first-order valence-electron chi connectivity index (χ1n) is 8.35. The van der Waals surface area contributed by atoms with Gasteiger partial charge in [0.05, 0.1) is 12.7 Å². The summed E-state index contributed by atoms with van der Waals surface area (Å²) in [5.74, 6) is 0. The maximum atomic E-state index is 11.6. The molecule has 1 heterocycles. The van der Waals surface area contributed by atoms with Gasteiger partial charge in [0.2, 0.25) is 0 Å². The van der Waals surface area contributed by atoms with Gasteiger partial charge in [0.15, 0.2) is 0 Å². The fraction of sp³-hybridized carbons (Fsp3) is 0.389. The second kappa shape index (κ2) is 10.3. The van der Waals surface area contributed by atoms with Crippen LogP contribution < -0.4 is 10.1 Å². The van der Waals surface area contributed by atoms with Gasteiger partial charge in [-0.05, 0) is 18.9 Å². The molecular weight excluding hydrogens is 338 g/mol. The van der Waals surface area contributed by atoms with E-state index in [1.807, 2.05) is 37.3 Å². The zero-order valence-electron chi connectivity index (χ0n) is 14.5. The Morgan fingerprint density at radius 1 is 1.19 bits per heavy atom. The van der Waals surface area contributed by atoms with Crippen molar-refractivity contribution in [3.8, 4) is 6.01 Å². The number of rotatable bonds is 9. The van der Waals surface area contributed by atoms with Crippen LogP contribution >= 0.6 is 0 Å². The number of aromatic nitrogens is 2. The fourth-order valence-corrected chi connectivity index (χ4v) is 2.16. The minimum Gasteiger partial charge on any atom is -0.464 e. The Balaban J connectivity index is 1.70. The van der Waals surface area contributed by atoms with Crippen molar-refractivity contribution in [3.63, 3.8) is 0 Å². The van der Waals surface area contributed by atoms with Crippen LogP contribution in [0.2, 0.25) is 0 Å². The summed E-state index contributed by atoms with van der Waals surface area (Å²) in [6.45, 7) is 2.58. The van der Waals surface area contributed by atoms with Gasteiger partial charge in [0.25, 0.3) is 0 Å². The fourth-order valence-electron chi connectivity index (χ4n) is 2.16. The first kappa shape index (κ1) is 19.6. The lowest BCUT2D eigenvalue weighted by atomic mass is 10.1. The van der Waals surface area contributed by atoms with E-state index in [2.05, 4.69) is 15.3 Å². The highest BCUT2D eigenvalue weighted by molar-refractivity contribution is 5.67. The normalized spacial score (nSPS) is 12.9. The van der Waals surface area contributed by atoms with E-state index >= 15 is 0 Å². The third-order valence-electron chi connectivity index (χ3n) is 3.55. The summed E-state index contributed by atoms with van der Waals surface area (Å²) in [5.41, 5.74) is 1.25. The van der Waals surface area contributed by atoms with Crippen molar-refractivity contribution in [2.24, 2.45) is 0 Å². The maximum Gasteiger partial charge on any atom is 0.407 e. The van der Waals surface area contributed by atoms with Crippen LogP contribution in [0.4, 0.5) is 4.79 Å². The third-order valence-corrected chi connectivity index (χ3v) is 3.55. The third kappa shape index (κ3) is 6.30. The summed E-state index contributed by atoms with van der Waals surface area (Å²) in [7, 11) is 0. The molecule has 0 aliphatic carbocycles. The summed E-state index contributed by atoms with van der Waals surface area (Å²) in [6, 6.07) is 9.52. The molecule has 0 aliphatic rings. The molecule has 2 unspecified atom stereocenters. The van der Waals surface area contributed by atoms with Gasteiger partial charge in [-0.25, -0.2) is 14.8 Å². The van der Waals surface area contributed by atoms with Crippen molar-refractivity contribution in [1.29, 1.82) is 0 Å². The van der Waals surface area contributed by atoms with E-state index in [0.29, 0.717) is 12.2 Å². The van der Waals surface area contributed by atoms with Crippen molar-refractivity contribution in [1.82, 2.24) is 15.3 Å². The maximum absolute atomic E-state index is 11.6. The Bertz CT molecular complexity index is 666. The molecule has 140 valence electrons. The number of carbonyl (C=O) groups is 1. The predicted octanol–water partition coefficient (Wildman–Crippen LogP) is 1.59. The smallest absolute Gasteiger partial charge is 0.407 e. The van der Waals surface area contributed by atoms with Crippen molar-refractivity contribution < 1.29 is 24.5 Å². The molecule has 8 nitrogen and oxygen atoms in total. The zero-order chi connectivity index (χ0) is 18.8. The number of aliphatic hydroxyl groups excluding tert-OH is 2. The molecule has 1 aromatic heterocycles. The van der Waals surface area contributed by atoms with Crippen LogP contribution in [-0.4, -0.2) is 45.5 Å². The predicted molar refractivity (Wildman–Crippen MR) is 93.4 cm³/mol. The van der Waals surface area contributed by atoms with E-state index in [0.717, 1.165) is 5.56 Å². The Kier molecular flexibility index (Phi) is 7.78. The van der Waals surface area contributed by atoms with E-state index in [-0.39, 0.29) is 25.6 Å². The Hall–Kier alpha value is -2.71. The second-order valence-electron chi connectivity index (χ2n) is 5.52. The summed E-state index contributed by atoms with van der Waals surface area (Å²) in [5, 5.41) is 22.7. The molecule has 0 radical (unpaired) electrons. The van der Waals surface area contributed by atoms with Crippen molar-refractivity contribution >= 4 is 6.09 Å². The average Bonchev–Trinajstić information content (AvgIpc) is 2.67. The van der Waals surface area contributed by atoms with Crippen molar-refractivity contribution in [2.45, 2.75) is 32.2 Å². The van der Waals surface area contributed by atoms with Gasteiger partial charge in [0, 0.05) is 24.5 Å². The number of nitrogens with one attached hydrogen (secondary N) is 1. The lowest BCUT2D eigenvalue weighted by molar-refractivity contribution is 0.0131. The number of benzene rings is 1. The van der Waals surface area contributed by atoms with Gasteiger partial charge < -0.3 is 25.0 Å².